The minimum atomic E-state index is 0.895. The van der Waals surface area contributed by atoms with Crippen molar-refractivity contribution in [1.29, 1.82) is 0 Å². The summed E-state index contributed by atoms with van der Waals surface area (Å²) in [5.74, 6) is 0. The molecule has 9 rings (SSSR count). The van der Waals surface area contributed by atoms with E-state index in [1.807, 2.05) is 24.7 Å². The van der Waals surface area contributed by atoms with Crippen molar-refractivity contribution in [3.8, 4) is 50.5 Å². The Morgan fingerprint density at radius 3 is 2.02 bits per heavy atom. The number of rotatable bonds is 5. The zero-order valence-corrected chi connectivity index (χ0v) is 25.5. The number of nitrogens with zero attached hydrogens (tertiary/aromatic N) is 4. The summed E-state index contributed by atoms with van der Waals surface area (Å²) in [6.45, 7) is 0. The summed E-state index contributed by atoms with van der Waals surface area (Å²) in [5.41, 5.74) is 11.9. The molecule has 0 spiro atoms. The number of benzene rings is 5. The van der Waals surface area contributed by atoms with Crippen LogP contribution in [0.3, 0.4) is 0 Å². The second-order valence-electron chi connectivity index (χ2n) is 11.8. The van der Waals surface area contributed by atoms with E-state index in [9.17, 15) is 0 Å². The maximum Gasteiger partial charge on any atom is 0.0731 e. The highest BCUT2D eigenvalue weighted by Crippen LogP contribution is 2.37. The minimum absolute atomic E-state index is 0.895. The molecule has 0 fully saturated rings. The fourth-order valence-corrected chi connectivity index (χ4v) is 6.73. The largest absolute Gasteiger partial charge is 0.309 e. The molecule has 4 aromatic heterocycles. The smallest absolute Gasteiger partial charge is 0.0731 e. The highest BCUT2D eigenvalue weighted by Gasteiger charge is 2.15. The Kier molecular flexibility index (Phi) is 6.43. The van der Waals surface area contributed by atoms with Gasteiger partial charge in [-0.2, -0.15) is 0 Å². The first kappa shape index (κ1) is 27.0. The fraction of sp³-hybridized carbons (Fsp3) is 0. The normalized spacial score (nSPS) is 11.4. The van der Waals surface area contributed by atoms with Crippen LogP contribution in [0.2, 0.25) is 0 Å². The molecule has 0 bridgehead atoms. The second kappa shape index (κ2) is 11.2. The number of aromatic nitrogens is 4. The van der Waals surface area contributed by atoms with Gasteiger partial charge < -0.3 is 4.57 Å². The molecule has 0 radical (unpaired) electrons. The van der Waals surface area contributed by atoms with Gasteiger partial charge in [0.25, 0.3) is 0 Å². The zero-order chi connectivity index (χ0) is 31.2. The quantitative estimate of drug-likeness (QED) is 0.197. The topological polar surface area (TPSA) is 43.6 Å². The van der Waals surface area contributed by atoms with Gasteiger partial charge in [0, 0.05) is 52.4 Å². The molecule has 4 nitrogen and oxygen atoms in total. The standard InChI is InChI=1S/C43H28N4/c1-2-14-35(15-3-1)47-42-19-18-31(24-38(42)39-28-45-22-20-43(39)47)30-11-6-12-32(23-30)40-25-34(26-41(46-40)33-13-8-21-44-27-33)37-17-7-10-29-9-4-5-16-36(29)37/h1-28H. The lowest BCUT2D eigenvalue weighted by Gasteiger charge is -2.13. The fourth-order valence-electron chi connectivity index (χ4n) is 6.73. The summed E-state index contributed by atoms with van der Waals surface area (Å²) >= 11 is 0. The Bertz CT molecular complexity index is 2560. The number of para-hydroxylation sites is 1. The lowest BCUT2D eigenvalue weighted by atomic mass is 9.95. The molecule has 0 aliphatic heterocycles. The van der Waals surface area contributed by atoms with Crippen LogP contribution in [0.5, 0.6) is 0 Å². The van der Waals surface area contributed by atoms with Crippen LogP contribution < -0.4 is 0 Å². The van der Waals surface area contributed by atoms with Crippen LogP contribution in [0.15, 0.2) is 170 Å². The van der Waals surface area contributed by atoms with Crippen molar-refractivity contribution in [3.63, 3.8) is 0 Å². The maximum absolute atomic E-state index is 5.19. The molecular weight excluding hydrogens is 573 g/mol. The minimum Gasteiger partial charge on any atom is -0.309 e. The third-order valence-corrected chi connectivity index (χ3v) is 8.96. The first-order chi connectivity index (χ1) is 23.3. The van der Waals surface area contributed by atoms with Crippen LogP contribution in [0.4, 0.5) is 0 Å². The van der Waals surface area contributed by atoms with E-state index in [-0.39, 0.29) is 0 Å². The number of hydrogen-bond donors (Lipinski definition) is 0. The average molecular weight is 601 g/mol. The lowest BCUT2D eigenvalue weighted by Crippen LogP contribution is -1.93. The SMILES string of the molecule is c1ccc(-n2c3ccncc3c3cc(-c4cccc(-c5cc(-c6cccc7ccccc67)cc(-c6cccnc6)n5)c4)ccc32)cc1. The van der Waals surface area contributed by atoms with Gasteiger partial charge in [0.1, 0.15) is 0 Å². The van der Waals surface area contributed by atoms with Crippen molar-refractivity contribution in [2.24, 2.45) is 0 Å². The van der Waals surface area contributed by atoms with Gasteiger partial charge in [-0.05, 0) is 93.7 Å². The molecule has 9 aromatic rings. The first-order valence-corrected chi connectivity index (χ1v) is 15.8. The van der Waals surface area contributed by atoms with E-state index >= 15 is 0 Å². The van der Waals surface area contributed by atoms with Gasteiger partial charge in [-0.3, -0.25) is 9.97 Å². The van der Waals surface area contributed by atoms with Crippen molar-refractivity contribution >= 4 is 32.6 Å². The Morgan fingerprint density at radius 1 is 0.404 bits per heavy atom. The van der Waals surface area contributed by atoms with E-state index in [0.29, 0.717) is 0 Å². The number of pyridine rings is 3. The molecule has 0 atom stereocenters. The van der Waals surface area contributed by atoms with Crippen molar-refractivity contribution in [2.75, 3.05) is 0 Å². The maximum atomic E-state index is 5.19. The number of hydrogen-bond acceptors (Lipinski definition) is 3. The molecule has 0 aliphatic rings. The Balaban J connectivity index is 1.20. The highest BCUT2D eigenvalue weighted by atomic mass is 15.0. The van der Waals surface area contributed by atoms with Crippen molar-refractivity contribution in [1.82, 2.24) is 19.5 Å². The van der Waals surface area contributed by atoms with Gasteiger partial charge in [0.15, 0.2) is 0 Å². The average Bonchev–Trinajstić information content (AvgIpc) is 3.49. The Morgan fingerprint density at radius 2 is 1.13 bits per heavy atom. The summed E-state index contributed by atoms with van der Waals surface area (Å²) in [6, 6.07) is 51.5. The molecule has 4 heteroatoms. The monoisotopic (exact) mass is 600 g/mol. The van der Waals surface area contributed by atoms with E-state index in [0.717, 1.165) is 61.3 Å². The molecular formula is C43H28N4. The predicted molar refractivity (Wildman–Crippen MR) is 193 cm³/mol. The highest BCUT2D eigenvalue weighted by molar-refractivity contribution is 6.10. The molecule has 0 aliphatic carbocycles. The van der Waals surface area contributed by atoms with Crippen LogP contribution in [0.25, 0.3) is 83.0 Å². The summed E-state index contributed by atoms with van der Waals surface area (Å²) in [7, 11) is 0. The van der Waals surface area contributed by atoms with Crippen LogP contribution in [0, 0.1) is 0 Å². The molecule has 0 N–H and O–H groups in total. The predicted octanol–water partition coefficient (Wildman–Crippen LogP) is 10.8. The molecule has 0 amide bonds. The van der Waals surface area contributed by atoms with Crippen LogP contribution >= 0.6 is 0 Å². The molecule has 0 unspecified atom stereocenters. The van der Waals surface area contributed by atoms with Gasteiger partial charge >= 0.3 is 0 Å². The summed E-state index contributed by atoms with van der Waals surface area (Å²) in [6.07, 6.45) is 7.52. The molecule has 0 saturated heterocycles. The Hall–Kier alpha value is -6.39. The van der Waals surface area contributed by atoms with E-state index < -0.39 is 0 Å². The van der Waals surface area contributed by atoms with E-state index in [2.05, 4.69) is 154 Å². The lowest BCUT2D eigenvalue weighted by molar-refractivity contribution is 1.17. The third kappa shape index (κ3) is 4.75. The van der Waals surface area contributed by atoms with Crippen LogP contribution in [-0.4, -0.2) is 19.5 Å². The summed E-state index contributed by atoms with van der Waals surface area (Å²) in [5, 5.41) is 4.74. The van der Waals surface area contributed by atoms with Gasteiger partial charge in [-0.25, -0.2) is 4.98 Å². The molecule has 220 valence electrons. The summed E-state index contributed by atoms with van der Waals surface area (Å²) < 4.78 is 2.31. The third-order valence-electron chi connectivity index (χ3n) is 8.96. The van der Waals surface area contributed by atoms with Crippen LogP contribution in [-0.2, 0) is 0 Å². The number of fused-ring (bicyclic) bond motifs is 4. The first-order valence-electron chi connectivity index (χ1n) is 15.8. The van der Waals surface area contributed by atoms with Gasteiger partial charge in [-0.1, -0.05) is 84.9 Å². The van der Waals surface area contributed by atoms with Crippen molar-refractivity contribution in [3.05, 3.63) is 170 Å². The Labute approximate surface area is 272 Å². The molecule has 0 saturated carbocycles. The molecule has 5 aromatic carbocycles. The molecule has 47 heavy (non-hydrogen) atoms. The summed E-state index contributed by atoms with van der Waals surface area (Å²) in [4.78, 5) is 14.1. The van der Waals surface area contributed by atoms with Crippen molar-refractivity contribution < 1.29 is 0 Å². The molecule has 4 heterocycles. The van der Waals surface area contributed by atoms with Crippen molar-refractivity contribution in [2.45, 2.75) is 0 Å². The van der Waals surface area contributed by atoms with Gasteiger partial charge in [0.2, 0.25) is 0 Å². The van der Waals surface area contributed by atoms with Gasteiger partial charge in [-0.15, -0.1) is 0 Å². The van der Waals surface area contributed by atoms with E-state index in [1.54, 1.807) is 6.20 Å². The zero-order valence-electron chi connectivity index (χ0n) is 25.5. The van der Waals surface area contributed by atoms with E-state index in [1.165, 1.54) is 21.7 Å². The van der Waals surface area contributed by atoms with E-state index in [4.69, 9.17) is 4.98 Å². The second-order valence-corrected chi connectivity index (χ2v) is 11.8. The van der Waals surface area contributed by atoms with Gasteiger partial charge in [0.05, 0.1) is 22.4 Å². The van der Waals surface area contributed by atoms with Crippen LogP contribution in [0.1, 0.15) is 0 Å².